The predicted octanol–water partition coefficient (Wildman–Crippen LogP) is 1.15. The van der Waals surface area contributed by atoms with E-state index in [1.807, 2.05) is 17.0 Å². The van der Waals surface area contributed by atoms with Crippen molar-refractivity contribution in [1.82, 2.24) is 15.1 Å². The van der Waals surface area contributed by atoms with E-state index in [0.717, 1.165) is 49.0 Å². The monoisotopic (exact) mass is 434 g/mol. The average Bonchev–Trinajstić information content (AvgIpc) is 3.36. The van der Waals surface area contributed by atoms with Crippen LogP contribution in [0.3, 0.4) is 0 Å². The second-order valence-electron chi connectivity index (χ2n) is 7.55. The summed E-state index contributed by atoms with van der Waals surface area (Å²) in [5, 5.41) is 3.42. The topological polar surface area (TPSA) is 84.9 Å². The molecule has 1 aromatic rings. The van der Waals surface area contributed by atoms with Gasteiger partial charge in [-0.05, 0) is 19.3 Å². The molecule has 31 heavy (non-hydrogen) atoms. The second-order valence-corrected chi connectivity index (χ2v) is 7.55. The van der Waals surface area contributed by atoms with E-state index in [9.17, 15) is 4.79 Å². The highest BCUT2D eigenvalue weighted by molar-refractivity contribution is 5.82. The Morgan fingerprint density at radius 3 is 2.26 bits per heavy atom. The van der Waals surface area contributed by atoms with Crippen molar-refractivity contribution in [2.45, 2.75) is 25.4 Å². The molecule has 1 N–H and O–H groups in total. The molecule has 1 amide bonds. The Hall–Kier alpha value is -2.68. The highest BCUT2D eigenvalue weighted by atomic mass is 16.5. The Morgan fingerprint density at radius 2 is 1.74 bits per heavy atom. The molecule has 0 saturated carbocycles. The molecule has 1 unspecified atom stereocenters. The summed E-state index contributed by atoms with van der Waals surface area (Å²) in [6.07, 6.45) is 2.25. The maximum atomic E-state index is 12.5. The molecule has 0 radical (unpaired) electrons. The number of carbonyl (C=O) groups excluding carboxylic acids is 1. The molecule has 3 rings (SSSR count). The normalized spacial score (nSPS) is 19.4. The van der Waals surface area contributed by atoms with Gasteiger partial charge in [0.05, 0.1) is 21.3 Å². The van der Waals surface area contributed by atoms with Crippen molar-refractivity contribution in [2.24, 2.45) is 4.99 Å². The summed E-state index contributed by atoms with van der Waals surface area (Å²) < 4.78 is 21.9. The zero-order valence-electron chi connectivity index (χ0n) is 19.0. The fourth-order valence-corrected chi connectivity index (χ4v) is 4.07. The number of benzene rings is 1. The van der Waals surface area contributed by atoms with Gasteiger partial charge < -0.3 is 34.1 Å². The van der Waals surface area contributed by atoms with Crippen LogP contribution in [0.25, 0.3) is 0 Å². The highest BCUT2D eigenvalue weighted by Crippen LogP contribution is 2.34. The van der Waals surface area contributed by atoms with E-state index in [2.05, 4.69) is 15.2 Å². The van der Waals surface area contributed by atoms with E-state index in [1.165, 1.54) is 0 Å². The van der Waals surface area contributed by atoms with Crippen molar-refractivity contribution >= 4 is 11.9 Å². The molecule has 0 spiro atoms. The first kappa shape index (κ1) is 23.0. The molecule has 172 valence electrons. The molecule has 9 heteroatoms. The molecule has 0 aliphatic carbocycles. The van der Waals surface area contributed by atoms with Gasteiger partial charge in [-0.25, -0.2) is 0 Å². The van der Waals surface area contributed by atoms with Crippen LogP contribution in [0.15, 0.2) is 17.1 Å². The Balaban J connectivity index is 1.53. The zero-order chi connectivity index (χ0) is 22.2. The number of amides is 1. The largest absolute Gasteiger partial charge is 0.496 e. The predicted molar refractivity (Wildman–Crippen MR) is 118 cm³/mol. The first-order chi connectivity index (χ1) is 15.1. The molecule has 1 atom stereocenters. The van der Waals surface area contributed by atoms with Gasteiger partial charge in [0.15, 0.2) is 5.96 Å². The first-order valence-corrected chi connectivity index (χ1v) is 10.8. The van der Waals surface area contributed by atoms with E-state index < -0.39 is 0 Å². The molecule has 2 aliphatic rings. The third-order valence-electron chi connectivity index (χ3n) is 5.78. The summed E-state index contributed by atoms with van der Waals surface area (Å²) in [5.74, 6) is 3.11. The van der Waals surface area contributed by atoms with Gasteiger partial charge in [0.25, 0.3) is 5.91 Å². The van der Waals surface area contributed by atoms with Gasteiger partial charge >= 0.3 is 0 Å². The van der Waals surface area contributed by atoms with Gasteiger partial charge in [-0.3, -0.25) is 9.79 Å². The molecule has 0 aromatic heterocycles. The molecule has 2 heterocycles. The number of carbonyl (C=O) groups is 1. The quantitative estimate of drug-likeness (QED) is 0.509. The Labute approximate surface area is 184 Å². The number of nitrogens with zero attached hydrogens (tertiary/aromatic N) is 3. The van der Waals surface area contributed by atoms with E-state index in [1.54, 1.807) is 28.4 Å². The number of ether oxygens (including phenoxy) is 4. The van der Waals surface area contributed by atoms with Gasteiger partial charge in [-0.15, -0.1) is 0 Å². The van der Waals surface area contributed by atoms with Crippen LogP contribution in [-0.4, -0.2) is 95.5 Å². The minimum absolute atomic E-state index is 0.124. The second kappa shape index (κ2) is 11.1. The van der Waals surface area contributed by atoms with Gasteiger partial charge in [0, 0.05) is 64.1 Å². The van der Waals surface area contributed by atoms with Gasteiger partial charge in [0.1, 0.15) is 23.4 Å². The maximum absolute atomic E-state index is 12.5. The fourth-order valence-electron chi connectivity index (χ4n) is 4.07. The SMILES string of the molecule is CN=C(NCCc1c(OC)cc(OC)cc1OC)N1CCN(C(=O)C2CCCO2)CC1. The van der Waals surface area contributed by atoms with Gasteiger partial charge in [0.2, 0.25) is 0 Å². The Morgan fingerprint density at radius 1 is 1.10 bits per heavy atom. The summed E-state index contributed by atoms with van der Waals surface area (Å²) in [6.45, 7) is 4.21. The summed E-state index contributed by atoms with van der Waals surface area (Å²) in [6, 6.07) is 3.72. The van der Waals surface area contributed by atoms with Crippen molar-refractivity contribution in [2.75, 3.05) is 67.7 Å². The summed E-state index contributed by atoms with van der Waals surface area (Å²) in [7, 11) is 6.68. The average molecular weight is 435 g/mol. The molecule has 1 aromatic carbocycles. The van der Waals surface area contributed by atoms with Crippen LogP contribution < -0.4 is 19.5 Å². The summed E-state index contributed by atoms with van der Waals surface area (Å²) >= 11 is 0. The van der Waals surface area contributed by atoms with Gasteiger partial charge in [-0.2, -0.15) is 0 Å². The highest BCUT2D eigenvalue weighted by Gasteiger charge is 2.30. The minimum Gasteiger partial charge on any atom is -0.496 e. The number of guanidine groups is 1. The molecular formula is C22H34N4O5. The number of hydrogen-bond acceptors (Lipinski definition) is 6. The van der Waals surface area contributed by atoms with Crippen molar-refractivity contribution in [3.05, 3.63) is 17.7 Å². The lowest BCUT2D eigenvalue weighted by Crippen LogP contribution is -2.55. The number of piperazine rings is 1. The number of aliphatic imine (C=N–C) groups is 1. The van der Waals surface area contributed by atoms with Crippen LogP contribution in [0, 0.1) is 0 Å². The summed E-state index contributed by atoms with van der Waals surface area (Å²) in [4.78, 5) is 21.1. The molecular weight excluding hydrogens is 400 g/mol. The lowest BCUT2D eigenvalue weighted by molar-refractivity contribution is -0.142. The lowest BCUT2D eigenvalue weighted by Gasteiger charge is -2.37. The fraction of sp³-hybridized carbons (Fsp3) is 0.636. The van der Waals surface area contributed by atoms with Crippen LogP contribution in [0.1, 0.15) is 18.4 Å². The van der Waals surface area contributed by atoms with Crippen LogP contribution in [0.5, 0.6) is 17.2 Å². The third kappa shape index (κ3) is 5.52. The molecule has 9 nitrogen and oxygen atoms in total. The Kier molecular flexibility index (Phi) is 8.22. The van der Waals surface area contributed by atoms with E-state index in [4.69, 9.17) is 18.9 Å². The molecule has 2 saturated heterocycles. The van der Waals surface area contributed by atoms with Crippen LogP contribution in [0.4, 0.5) is 0 Å². The zero-order valence-corrected chi connectivity index (χ0v) is 19.0. The number of methoxy groups -OCH3 is 3. The van der Waals surface area contributed by atoms with Crippen LogP contribution in [0.2, 0.25) is 0 Å². The van der Waals surface area contributed by atoms with E-state index in [0.29, 0.717) is 38.4 Å². The molecule has 0 bridgehead atoms. The Bertz CT molecular complexity index is 746. The summed E-state index contributed by atoms with van der Waals surface area (Å²) in [5.41, 5.74) is 0.973. The van der Waals surface area contributed by atoms with Crippen molar-refractivity contribution in [1.29, 1.82) is 0 Å². The van der Waals surface area contributed by atoms with Crippen molar-refractivity contribution in [3.8, 4) is 17.2 Å². The lowest BCUT2D eigenvalue weighted by atomic mass is 10.1. The van der Waals surface area contributed by atoms with Crippen LogP contribution >= 0.6 is 0 Å². The standard InChI is InChI=1S/C22H34N4O5/c1-23-22(26-11-9-25(10-12-26)21(27)18-6-5-13-31-18)24-8-7-17-19(29-3)14-16(28-2)15-20(17)30-4/h14-15,18H,5-13H2,1-4H3,(H,23,24). The van der Waals surface area contributed by atoms with E-state index in [-0.39, 0.29) is 12.0 Å². The third-order valence-corrected chi connectivity index (χ3v) is 5.78. The smallest absolute Gasteiger partial charge is 0.251 e. The minimum atomic E-state index is -0.251. The van der Waals surface area contributed by atoms with Crippen molar-refractivity contribution < 1.29 is 23.7 Å². The number of rotatable bonds is 7. The van der Waals surface area contributed by atoms with Crippen LogP contribution in [-0.2, 0) is 16.0 Å². The molecule has 2 aliphatic heterocycles. The van der Waals surface area contributed by atoms with Crippen molar-refractivity contribution in [3.63, 3.8) is 0 Å². The van der Waals surface area contributed by atoms with Gasteiger partial charge in [-0.1, -0.05) is 0 Å². The molecule has 2 fully saturated rings. The van der Waals surface area contributed by atoms with E-state index >= 15 is 0 Å². The number of hydrogen-bond donors (Lipinski definition) is 1. The first-order valence-electron chi connectivity index (χ1n) is 10.8. The maximum Gasteiger partial charge on any atom is 0.251 e. The number of nitrogens with one attached hydrogen (secondary N) is 1.